The van der Waals surface area contributed by atoms with Gasteiger partial charge < -0.3 is 10.6 Å². The molecule has 0 unspecified atom stereocenters. The van der Waals surface area contributed by atoms with Crippen molar-refractivity contribution in [1.82, 2.24) is 4.98 Å². The zero-order valence-corrected chi connectivity index (χ0v) is 12.8. The fourth-order valence-electron chi connectivity index (χ4n) is 2.15. The minimum Gasteiger partial charge on any atom is -0.355 e. The van der Waals surface area contributed by atoms with E-state index in [1.165, 1.54) is 5.56 Å². The molecule has 0 radical (unpaired) electrons. The summed E-state index contributed by atoms with van der Waals surface area (Å²) in [4.78, 5) is 16.4. The number of aryl methyl sites for hydroxylation is 1. The molecule has 0 aliphatic carbocycles. The Kier molecular flexibility index (Phi) is 4.34. The summed E-state index contributed by atoms with van der Waals surface area (Å²) in [5, 5.41) is 6.10. The van der Waals surface area contributed by atoms with E-state index in [0.29, 0.717) is 5.69 Å². The normalized spacial score (nSPS) is 10.1. The lowest BCUT2D eigenvalue weighted by Crippen LogP contribution is -2.13. The molecule has 0 spiro atoms. The molecule has 3 rings (SSSR count). The zero-order chi connectivity index (χ0) is 16.1. The Morgan fingerprint density at radius 2 is 1.61 bits per heavy atom. The number of para-hydroxylation sites is 1. The van der Waals surface area contributed by atoms with Crippen molar-refractivity contribution < 1.29 is 4.79 Å². The molecule has 0 fully saturated rings. The van der Waals surface area contributed by atoms with Crippen LogP contribution in [0.15, 0.2) is 72.9 Å². The van der Waals surface area contributed by atoms with Gasteiger partial charge in [0, 0.05) is 23.3 Å². The van der Waals surface area contributed by atoms with Crippen LogP contribution in [-0.4, -0.2) is 10.9 Å². The first-order chi connectivity index (χ1) is 11.2. The number of hydrogen-bond donors (Lipinski definition) is 2. The van der Waals surface area contributed by atoms with Crippen LogP contribution in [0.4, 0.5) is 17.1 Å². The van der Waals surface area contributed by atoms with Gasteiger partial charge in [0.05, 0.1) is 0 Å². The van der Waals surface area contributed by atoms with Crippen LogP contribution in [0, 0.1) is 6.92 Å². The number of carbonyl (C=O) groups is 1. The Hall–Kier alpha value is -3.14. The molecule has 0 bridgehead atoms. The molecule has 2 N–H and O–H groups in total. The Morgan fingerprint density at radius 1 is 0.870 bits per heavy atom. The second-order valence-corrected chi connectivity index (χ2v) is 5.24. The maximum atomic E-state index is 12.3. The van der Waals surface area contributed by atoms with Crippen molar-refractivity contribution in [2.45, 2.75) is 6.92 Å². The Morgan fingerprint density at radius 3 is 2.35 bits per heavy atom. The van der Waals surface area contributed by atoms with Crippen LogP contribution < -0.4 is 10.6 Å². The third-order valence-electron chi connectivity index (χ3n) is 3.36. The van der Waals surface area contributed by atoms with Crippen LogP contribution in [0.3, 0.4) is 0 Å². The van der Waals surface area contributed by atoms with E-state index < -0.39 is 0 Å². The summed E-state index contributed by atoms with van der Waals surface area (Å²) in [6.45, 7) is 2.04. The van der Waals surface area contributed by atoms with Crippen molar-refractivity contribution in [3.8, 4) is 0 Å². The highest BCUT2D eigenvalue weighted by Crippen LogP contribution is 2.18. The predicted octanol–water partition coefficient (Wildman–Crippen LogP) is 4.39. The number of anilines is 3. The number of carbonyl (C=O) groups excluding carboxylic acids is 1. The number of benzene rings is 2. The number of hydrogen-bond acceptors (Lipinski definition) is 3. The van der Waals surface area contributed by atoms with Crippen molar-refractivity contribution in [1.29, 1.82) is 0 Å². The molecule has 0 aliphatic heterocycles. The fourth-order valence-corrected chi connectivity index (χ4v) is 2.15. The van der Waals surface area contributed by atoms with Crippen LogP contribution in [0.5, 0.6) is 0 Å². The number of pyridine rings is 1. The molecule has 23 heavy (non-hydrogen) atoms. The number of nitrogens with one attached hydrogen (secondary N) is 2. The van der Waals surface area contributed by atoms with Gasteiger partial charge in [-0.15, -0.1) is 0 Å². The first-order valence-corrected chi connectivity index (χ1v) is 7.37. The molecule has 1 heterocycles. The molecule has 0 saturated carbocycles. The van der Waals surface area contributed by atoms with Crippen LogP contribution >= 0.6 is 0 Å². The van der Waals surface area contributed by atoms with Gasteiger partial charge in [0.25, 0.3) is 5.91 Å². The fraction of sp³-hybridized carbons (Fsp3) is 0.0526. The van der Waals surface area contributed by atoms with E-state index in [9.17, 15) is 4.79 Å². The van der Waals surface area contributed by atoms with Crippen LogP contribution in [-0.2, 0) is 0 Å². The molecule has 3 aromatic rings. The van der Waals surface area contributed by atoms with Gasteiger partial charge in [-0.1, -0.05) is 35.9 Å². The highest BCUT2D eigenvalue weighted by molar-refractivity contribution is 6.03. The monoisotopic (exact) mass is 303 g/mol. The van der Waals surface area contributed by atoms with Gasteiger partial charge in [-0.25, -0.2) is 0 Å². The second kappa shape index (κ2) is 6.75. The van der Waals surface area contributed by atoms with Gasteiger partial charge in [0.15, 0.2) is 0 Å². The first kappa shape index (κ1) is 14.8. The quantitative estimate of drug-likeness (QED) is 0.751. The minimum atomic E-state index is -0.233. The van der Waals surface area contributed by atoms with Crippen LogP contribution in [0.1, 0.15) is 16.1 Å². The van der Waals surface area contributed by atoms with Crippen molar-refractivity contribution >= 4 is 23.0 Å². The Bertz CT molecular complexity index is 798. The maximum Gasteiger partial charge on any atom is 0.274 e. The molecule has 1 amide bonds. The molecule has 1 aromatic heterocycles. The standard InChI is InChI=1S/C19H17N3O/c1-14-7-9-16(10-8-14)21-17-11-12-20-18(13-17)19(23)22-15-5-3-2-4-6-15/h2-13H,1H3,(H,20,21)(H,22,23). The van der Waals surface area contributed by atoms with Crippen molar-refractivity contribution in [3.05, 3.63) is 84.2 Å². The van der Waals surface area contributed by atoms with E-state index in [1.807, 2.05) is 67.6 Å². The molecular weight excluding hydrogens is 286 g/mol. The molecule has 0 aliphatic rings. The number of nitrogens with zero attached hydrogens (tertiary/aromatic N) is 1. The van der Waals surface area contributed by atoms with Crippen molar-refractivity contribution in [2.75, 3.05) is 10.6 Å². The zero-order valence-electron chi connectivity index (χ0n) is 12.8. The van der Waals surface area contributed by atoms with E-state index in [0.717, 1.165) is 17.1 Å². The van der Waals surface area contributed by atoms with E-state index in [2.05, 4.69) is 15.6 Å². The highest BCUT2D eigenvalue weighted by atomic mass is 16.1. The highest BCUT2D eigenvalue weighted by Gasteiger charge is 2.08. The summed E-state index contributed by atoms with van der Waals surface area (Å²) in [7, 11) is 0. The summed E-state index contributed by atoms with van der Waals surface area (Å²) in [5.74, 6) is -0.233. The van der Waals surface area contributed by atoms with Crippen molar-refractivity contribution in [2.24, 2.45) is 0 Å². The van der Waals surface area contributed by atoms with Gasteiger partial charge >= 0.3 is 0 Å². The van der Waals surface area contributed by atoms with Gasteiger partial charge in [0.2, 0.25) is 0 Å². The third kappa shape index (κ3) is 3.95. The smallest absolute Gasteiger partial charge is 0.274 e. The van der Waals surface area contributed by atoms with Gasteiger partial charge in [-0.3, -0.25) is 9.78 Å². The maximum absolute atomic E-state index is 12.3. The molecular formula is C19H17N3O. The second-order valence-electron chi connectivity index (χ2n) is 5.24. The van der Waals surface area contributed by atoms with E-state index >= 15 is 0 Å². The average molecular weight is 303 g/mol. The molecule has 2 aromatic carbocycles. The van der Waals surface area contributed by atoms with Gasteiger partial charge in [-0.2, -0.15) is 0 Å². The first-order valence-electron chi connectivity index (χ1n) is 7.37. The summed E-state index contributed by atoms with van der Waals surface area (Å²) in [6, 6.07) is 21.0. The molecule has 0 saturated heterocycles. The molecule has 114 valence electrons. The van der Waals surface area contributed by atoms with Crippen LogP contribution in [0.25, 0.3) is 0 Å². The summed E-state index contributed by atoms with van der Waals surface area (Å²) < 4.78 is 0. The summed E-state index contributed by atoms with van der Waals surface area (Å²) in [6.07, 6.45) is 1.62. The Labute approximate surface area is 135 Å². The topological polar surface area (TPSA) is 54.0 Å². The predicted molar refractivity (Wildman–Crippen MR) is 93.1 cm³/mol. The lowest BCUT2D eigenvalue weighted by Gasteiger charge is -2.09. The Balaban J connectivity index is 1.74. The van der Waals surface area contributed by atoms with Crippen LogP contribution in [0.2, 0.25) is 0 Å². The molecule has 0 atom stereocenters. The average Bonchev–Trinajstić information content (AvgIpc) is 2.58. The SMILES string of the molecule is Cc1ccc(Nc2ccnc(C(=O)Nc3ccccc3)c2)cc1. The number of aromatic nitrogens is 1. The lowest BCUT2D eigenvalue weighted by atomic mass is 10.2. The van der Waals surface area contributed by atoms with E-state index in [-0.39, 0.29) is 5.91 Å². The largest absolute Gasteiger partial charge is 0.355 e. The molecule has 4 nitrogen and oxygen atoms in total. The van der Waals surface area contributed by atoms with Gasteiger partial charge in [-0.05, 0) is 43.3 Å². The third-order valence-corrected chi connectivity index (χ3v) is 3.36. The number of amides is 1. The molecule has 4 heteroatoms. The number of rotatable bonds is 4. The van der Waals surface area contributed by atoms with Gasteiger partial charge in [0.1, 0.15) is 5.69 Å². The minimum absolute atomic E-state index is 0.233. The van der Waals surface area contributed by atoms with E-state index in [4.69, 9.17) is 0 Å². The summed E-state index contributed by atoms with van der Waals surface area (Å²) >= 11 is 0. The summed E-state index contributed by atoms with van der Waals surface area (Å²) in [5.41, 5.74) is 4.11. The van der Waals surface area contributed by atoms with Crippen molar-refractivity contribution in [3.63, 3.8) is 0 Å². The lowest BCUT2D eigenvalue weighted by molar-refractivity contribution is 0.102. The van der Waals surface area contributed by atoms with E-state index in [1.54, 1.807) is 12.3 Å².